The van der Waals surface area contributed by atoms with Crippen molar-refractivity contribution >= 4 is 22.0 Å². The lowest BCUT2D eigenvalue weighted by atomic mass is 10.0. The van der Waals surface area contributed by atoms with Gasteiger partial charge in [-0.3, -0.25) is 0 Å². The average Bonchev–Trinajstić information content (AvgIpc) is 2.20. The van der Waals surface area contributed by atoms with E-state index in [1.54, 1.807) is 11.9 Å². The number of nitrogens with zero attached hydrogens (tertiary/aromatic N) is 1. The highest BCUT2D eigenvalue weighted by Crippen LogP contribution is 2.22. The van der Waals surface area contributed by atoms with Crippen LogP contribution in [0.1, 0.15) is 37.5 Å². The number of halogens is 1. The Bertz CT molecular complexity index is 455. The molecule has 0 heterocycles. The van der Waals surface area contributed by atoms with Crippen LogP contribution in [0.15, 0.2) is 16.6 Å². The molecule has 0 unspecified atom stereocenters. The van der Waals surface area contributed by atoms with E-state index >= 15 is 0 Å². The van der Waals surface area contributed by atoms with Gasteiger partial charge in [-0.25, -0.2) is 4.79 Å². The van der Waals surface area contributed by atoms with Gasteiger partial charge < -0.3 is 9.64 Å². The van der Waals surface area contributed by atoms with Crippen LogP contribution in [0, 0.1) is 13.8 Å². The molecule has 0 atom stereocenters. The highest BCUT2D eigenvalue weighted by atomic mass is 79.9. The van der Waals surface area contributed by atoms with Gasteiger partial charge in [0.1, 0.15) is 5.60 Å². The minimum absolute atomic E-state index is 0.297. The summed E-state index contributed by atoms with van der Waals surface area (Å²) < 4.78 is 6.41. The Morgan fingerprint density at radius 1 is 1.26 bits per heavy atom. The molecule has 1 rings (SSSR count). The Kier molecular flexibility index (Phi) is 5.02. The SMILES string of the molecule is Cc1cc(Br)cc(C)c1CN(C)C(=O)OC(C)(C)C. The fourth-order valence-corrected chi connectivity index (χ4v) is 2.52. The Morgan fingerprint density at radius 2 is 1.74 bits per heavy atom. The molecule has 1 amide bonds. The third-order valence-electron chi connectivity index (χ3n) is 2.76. The number of hydrogen-bond donors (Lipinski definition) is 0. The predicted octanol–water partition coefficient (Wildman–Crippen LogP) is 4.43. The minimum Gasteiger partial charge on any atom is -0.444 e. The quantitative estimate of drug-likeness (QED) is 0.804. The first-order chi connectivity index (χ1) is 8.60. The van der Waals surface area contributed by atoms with E-state index in [4.69, 9.17) is 4.74 Å². The molecule has 0 aliphatic carbocycles. The molecule has 0 spiro atoms. The molecule has 19 heavy (non-hydrogen) atoms. The zero-order valence-corrected chi connectivity index (χ0v) is 14.1. The molecular formula is C15H22BrNO2. The number of benzene rings is 1. The third-order valence-corrected chi connectivity index (χ3v) is 3.22. The molecule has 4 heteroatoms. The zero-order valence-electron chi connectivity index (χ0n) is 12.5. The molecule has 0 saturated heterocycles. The van der Waals surface area contributed by atoms with Crippen molar-refractivity contribution < 1.29 is 9.53 Å². The number of aryl methyl sites for hydroxylation is 2. The van der Waals surface area contributed by atoms with E-state index in [0.717, 1.165) is 10.0 Å². The molecule has 0 bridgehead atoms. The summed E-state index contributed by atoms with van der Waals surface area (Å²) in [5.74, 6) is 0. The van der Waals surface area contributed by atoms with E-state index in [1.165, 1.54) is 11.1 Å². The van der Waals surface area contributed by atoms with E-state index in [9.17, 15) is 4.79 Å². The van der Waals surface area contributed by atoms with Crippen molar-refractivity contribution in [3.63, 3.8) is 0 Å². The highest BCUT2D eigenvalue weighted by Gasteiger charge is 2.20. The summed E-state index contributed by atoms with van der Waals surface area (Å²) in [6, 6.07) is 4.12. The Labute approximate surface area is 124 Å². The first-order valence-corrected chi connectivity index (χ1v) is 7.09. The van der Waals surface area contributed by atoms with Gasteiger partial charge in [0.2, 0.25) is 0 Å². The van der Waals surface area contributed by atoms with E-state index in [1.807, 2.05) is 20.8 Å². The molecule has 0 aliphatic rings. The molecular weight excluding hydrogens is 306 g/mol. The second-order valence-corrected chi connectivity index (χ2v) is 6.77. The number of hydrogen-bond acceptors (Lipinski definition) is 2. The zero-order chi connectivity index (χ0) is 14.8. The van der Waals surface area contributed by atoms with Gasteiger partial charge in [0.25, 0.3) is 0 Å². The second-order valence-electron chi connectivity index (χ2n) is 5.85. The number of carbonyl (C=O) groups is 1. The van der Waals surface area contributed by atoms with Crippen LogP contribution in [0.3, 0.4) is 0 Å². The van der Waals surface area contributed by atoms with Gasteiger partial charge in [0, 0.05) is 18.1 Å². The molecule has 0 aliphatic heterocycles. The Morgan fingerprint density at radius 3 is 2.16 bits per heavy atom. The fraction of sp³-hybridized carbons (Fsp3) is 0.533. The van der Waals surface area contributed by atoms with Crippen LogP contribution >= 0.6 is 15.9 Å². The van der Waals surface area contributed by atoms with Gasteiger partial charge in [-0.2, -0.15) is 0 Å². The lowest BCUT2D eigenvalue weighted by molar-refractivity contribution is 0.0284. The smallest absolute Gasteiger partial charge is 0.410 e. The maximum Gasteiger partial charge on any atom is 0.410 e. The van der Waals surface area contributed by atoms with Crippen LogP contribution in [-0.2, 0) is 11.3 Å². The highest BCUT2D eigenvalue weighted by molar-refractivity contribution is 9.10. The average molecular weight is 328 g/mol. The number of carbonyl (C=O) groups excluding carboxylic acids is 1. The van der Waals surface area contributed by atoms with Gasteiger partial charge in [-0.1, -0.05) is 15.9 Å². The van der Waals surface area contributed by atoms with Crippen molar-refractivity contribution in [3.05, 3.63) is 33.3 Å². The third kappa shape index (κ3) is 4.86. The summed E-state index contributed by atoms with van der Waals surface area (Å²) in [5.41, 5.74) is 3.04. The van der Waals surface area contributed by atoms with E-state index < -0.39 is 5.60 Å². The van der Waals surface area contributed by atoms with E-state index in [-0.39, 0.29) is 6.09 Å². The molecule has 1 aromatic carbocycles. The standard InChI is InChI=1S/C15H22BrNO2/c1-10-7-12(16)8-11(2)13(10)9-17(6)14(18)19-15(3,4)5/h7-8H,9H2,1-6H3. The minimum atomic E-state index is -0.463. The summed E-state index contributed by atoms with van der Waals surface area (Å²) in [5, 5.41) is 0. The van der Waals surface area contributed by atoms with Crippen molar-refractivity contribution in [2.45, 2.75) is 46.8 Å². The summed E-state index contributed by atoms with van der Waals surface area (Å²) in [7, 11) is 1.76. The molecule has 106 valence electrons. The Balaban J connectivity index is 2.83. The lowest BCUT2D eigenvalue weighted by Gasteiger charge is -2.25. The summed E-state index contributed by atoms with van der Waals surface area (Å²) >= 11 is 3.48. The molecule has 0 saturated carbocycles. The van der Waals surface area contributed by atoms with Crippen molar-refractivity contribution in [1.29, 1.82) is 0 Å². The normalized spacial score (nSPS) is 11.3. The summed E-state index contributed by atoms with van der Waals surface area (Å²) in [6.07, 6.45) is -0.297. The molecule has 0 N–H and O–H groups in total. The number of rotatable bonds is 2. The van der Waals surface area contributed by atoms with Crippen LogP contribution in [-0.4, -0.2) is 23.6 Å². The number of ether oxygens (including phenoxy) is 1. The number of amides is 1. The molecule has 0 fully saturated rings. The van der Waals surface area contributed by atoms with Gasteiger partial charge in [-0.15, -0.1) is 0 Å². The summed E-state index contributed by atoms with van der Waals surface area (Å²) in [6.45, 7) is 10.3. The van der Waals surface area contributed by atoms with Gasteiger partial charge >= 0.3 is 6.09 Å². The van der Waals surface area contributed by atoms with Crippen molar-refractivity contribution in [2.75, 3.05) is 7.05 Å². The van der Waals surface area contributed by atoms with Gasteiger partial charge in [0.05, 0.1) is 0 Å². The fourth-order valence-electron chi connectivity index (χ4n) is 1.83. The van der Waals surface area contributed by atoms with Crippen LogP contribution in [0.2, 0.25) is 0 Å². The van der Waals surface area contributed by atoms with Crippen molar-refractivity contribution in [1.82, 2.24) is 4.90 Å². The molecule has 0 aromatic heterocycles. The van der Waals surface area contributed by atoms with Gasteiger partial charge in [0.15, 0.2) is 0 Å². The Hall–Kier alpha value is -1.03. The molecule has 3 nitrogen and oxygen atoms in total. The monoisotopic (exact) mass is 327 g/mol. The molecule has 0 radical (unpaired) electrons. The second kappa shape index (κ2) is 5.95. The summed E-state index contributed by atoms with van der Waals surface area (Å²) in [4.78, 5) is 13.6. The van der Waals surface area contributed by atoms with E-state index in [2.05, 4.69) is 41.9 Å². The maximum absolute atomic E-state index is 11.9. The van der Waals surface area contributed by atoms with Gasteiger partial charge in [-0.05, 0) is 63.4 Å². The van der Waals surface area contributed by atoms with Crippen LogP contribution in [0.4, 0.5) is 4.79 Å². The van der Waals surface area contributed by atoms with E-state index in [0.29, 0.717) is 6.54 Å². The van der Waals surface area contributed by atoms with Crippen molar-refractivity contribution in [3.8, 4) is 0 Å². The predicted molar refractivity (Wildman–Crippen MR) is 81.3 cm³/mol. The van der Waals surface area contributed by atoms with Crippen LogP contribution < -0.4 is 0 Å². The largest absolute Gasteiger partial charge is 0.444 e. The first kappa shape index (κ1) is 16.0. The molecule has 1 aromatic rings. The topological polar surface area (TPSA) is 29.5 Å². The van der Waals surface area contributed by atoms with Crippen LogP contribution in [0.25, 0.3) is 0 Å². The lowest BCUT2D eigenvalue weighted by Crippen LogP contribution is -2.34. The van der Waals surface area contributed by atoms with Crippen molar-refractivity contribution in [2.24, 2.45) is 0 Å². The first-order valence-electron chi connectivity index (χ1n) is 6.30. The maximum atomic E-state index is 11.9. The van der Waals surface area contributed by atoms with Crippen LogP contribution in [0.5, 0.6) is 0 Å².